The molecule has 0 spiro atoms. The summed E-state index contributed by atoms with van der Waals surface area (Å²) in [6, 6.07) is 6.88. The number of aromatic nitrogens is 1. The van der Waals surface area contributed by atoms with Crippen LogP contribution >= 0.6 is 0 Å². The zero-order chi connectivity index (χ0) is 21.3. The maximum absolute atomic E-state index is 12.2. The summed E-state index contributed by atoms with van der Waals surface area (Å²) < 4.78 is 0. The van der Waals surface area contributed by atoms with Gasteiger partial charge in [0.2, 0.25) is 0 Å². The lowest BCUT2D eigenvalue weighted by Crippen LogP contribution is -2.48. The van der Waals surface area contributed by atoms with Gasteiger partial charge in [0.15, 0.2) is 0 Å². The zero-order valence-corrected chi connectivity index (χ0v) is 14.4. The number of aromatic hydroxyl groups is 1. The van der Waals surface area contributed by atoms with E-state index in [0.717, 1.165) is 0 Å². The van der Waals surface area contributed by atoms with Crippen LogP contribution < -0.4 is 11.1 Å². The van der Waals surface area contributed by atoms with Crippen molar-refractivity contribution in [2.45, 2.75) is 12.4 Å². The van der Waals surface area contributed by atoms with Crippen molar-refractivity contribution in [2.75, 3.05) is 5.73 Å². The third kappa shape index (κ3) is 6.27. The summed E-state index contributed by atoms with van der Waals surface area (Å²) in [5.74, 6) is -3.40. The molecular formula is C16H18BN3O8. The maximum atomic E-state index is 12.2. The summed E-state index contributed by atoms with van der Waals surface area (Å²) >= 11 is 0. The molecule has 0 aliphatic heterocycles. The van der Waals surface area contributed by atoms with E-state index in [4.69, 9.17) is 20.7 Å². The lowest BCUT2D eigenvalue weighted by molar-refractivity contribution is -0.122. The van der Waals surface area contributed by atoms with E-state index in [1.807, 2.05) is 0 Å². The van der Waals surface area contributed by atoms with Gasteiger partial charge in [-0.3, -0.25) is 9.59 Å². The number of carbonyl (C=O) groups excluding carboxylic acids is 1. The van der Waals surface area contributed by atoms with E-state index in [1.54, 1.807) is 0 Å². The molecule has 148 valence electrons. The number of nitrogens with two attached hydrogens (primary N) is 1. The number of carboxylic acid groups (broad SMARTS) is 2. The predicted octanol–water partition coefficient (Wildman–Crippen LogP) is -0.879. The average Bonchev–Trinajstić information content (AvgIpc) is 2.63. The minimum atomic E-state index is -1.93. The Balaban J connectivity index is 0.00000122. The molecule has 28 heavy (non-hydrogen) atoms. The Labute approximate surface area is 159 Å². The van der Waals surface area contributed by atoms with Crippen LogP contribution in [0.25, 0.3) is 0 Å². The van der Waals surface area contributed by atoms with Crippen molar-refractivity contribution < 1.29 is 39.8 Å². The van der Waals surface area contributed by atoms with Gasteiger partial charge in [-0.1, -0.05) is 12.1 Å². The maximum Gasteiger partial charge on any atom is 0.475 e. The van der Waals surface area contributed by atoms with Crippen LogP contribution in [0.2, 0.25) is 0 Å². The van der Waals surface area contributed by atoms with Crippen LogP contribution in [-0.2, 0) is 11.2 Å². The Morgan fingerprint density at radius 1 is 1.25 bits per heavy atom. The number of anilines is 1. The van der Waals surface area contributed by atoms with Crippen molar-refractivity contribution >= 4 is 31.3 Å². The van der Waals surface area contributed by atoms with E-state index in [2.05, 4.69) is 10.3 Å². The van der Waals surface area contributed by atoms with E-state index in [9.17, 15) is 24.7 Å². The zero-order valence-electron chi connectivity index (χ0n) is 14.4. The van der Waals surface area contributed by atoms with Crippen LogP contribution in [0.1, 0.15) is 26.3 Å². The summed E-state index contributed by atoms with van der Waals surface area (Å²) in [4.78, 5) is 35.3. The SMILES string of the molecule is Nc1ccc(C(=O)N[C@@H](Cc2cccc(C(=O)O)c2O)B(O)O)cn1.O=CO. The van der Waals surface area contributed by atoms with Crippen molar-refractivity contribution in [1.82, 2.24) is 10.3 Å². The highest BCUT2D eigenvalue weighted by molar-refractivity contribution is 6.43. The highest BCUT2D eigenvalue weighted by atomic mass is 16.4. The molecule has 1 heterocycles. The summed E-state index contributed by atoms with van der Waals surface area (Å²) in [6.45, 7) is -0.250. The van der Waals surface area contributed by atoms with Crippen LogP contribution in [0.5, 0.6) is 5.75 Å². The van der Waals surface area contributed by atoms with E-state index in [-0.39, 0.29) is 35.4 Å². The number of hydrogen-bond acceptors (Lipinski definition) is 8. The molecule has 11 nitrogen and oxygen atoms in total. The molecule has 0 saturated carbocycles. The van der Waals surface area contributed by atoms with E-state index >= 15 is 0 Å². The average molecular weight is 391 g/mol. The van der Waals surface area contributed by atoms with E-state index in [0.29, 0.717) is 0 Å². The normalized spacial score (nSPS) is 10.8. The van der Waals surface area contributed by atoms with Crippen molar-refractivity contribution in [1.29, 1.82) is 0 Å². The first-order valence-electron chi connectivity index (χ1n) is 7.71. The highest BCUT2D eigenvalue weighted by Crippen LogP contribution is 2.24. The summed E-state index contributed by atoms with van der Waals surface area (Å²) in [5.41, 5.74) is 5.42. The number of pyridine rings is 1. The van der Waals surface area contributed by atoms with Crippen LogP contribution in [0.3, 0.4) is 0 Å². The van der Waals surface area contributed by atoms with Gasteiger partial charge in [0.05, 0.1) is 11.5 Å². The van der Waals surface area contributed by atoms with Crippen LogP contribution in [0.4, 0.5) is 5.82 Å². The van der Waals surface area contributed by atoms with Gasteiger partial charge < -0.3 is 36.4 Å². The number of rotatable bonds is 6. The molecule has 0 unspecified atom stereocenters. The first-order valence-corrected chi connectivity index (χ1v) is 7.71. The van der Waals surface area contributed by atoms with Gasteiger partial charge in [0, 0.05) is 6.20 Å². The fourth-order valence-corrected chi connectivity index (χ4v) is 2.19. The fourth-order valence-electron chi connectivity index (χ4n) is 2.19. The standard InChI is InChI=1S/C15H16BN3O6.CH2O2/c17-12-5-4-9(7-18-12)14(21)19-11(16(24)25)6-8-2-1-3-10(13(8)20)15(22)23;2-1-3/h1-5,7,11,20,24-25H,6H2,(H2,17,18)(H,19,21)(H,22,23);1H,(H,2,3)/t11-;/m0./s1. The van der Waals surface area contributed by atoms with Crippen LogP contribution in [0, 0.1) is 0 Å². The van der Waals surface area contributed by atoms with Crippen molar-refractivity contribution in [3.8, 4) is 5.75 Å². The summed E-state index contributed by atoms with van der Waals surface area (Å²) in [7, 11) is -1.93. The number of hydrogen-bond donors (Lipinski definition) is 7. The second-order valence-corrected chi connectivity index (χ2v) is 5.39. The Bertz CT molecular complexity index is 829. The number of aromatic carboxylic acids is 1. The van der Waals surface area contributed by atoms with Gasteiger partial charge in [-0.2, -0.15) is 0 Å². The summed E-state index contributed by atoms with van der Waals surface area (Å²) in [5, 5.41) is 47.3. The molecule has 0 radical (unpaired) electrons. The molecule has 0 bridgehead atoms. The van der Waals surface area contributed by atoms with Gasteiger partial charge in [-0.25, -0.2) is 9.78 Å². The minimum Gasteiger partial charge on any atom is -0.507 e. The largest absolute Gasteiger partial charge is 0.507 e. The molecule has 0 aliphatic rings. The molecule has 1 amide bonds. The Morgan fingerprint density at radius 3 is 2.39 bits per heavy atom. The fraction of sp³-hybridized carbons (Fsp3) is 0.125. The van der Waals surface area contributed by atoms with E-state index < -0.39 is 30.7 Å². The second-order valence-electron chi connectivity index (χ2n) is 5.39. The smallest absolute Gasteiger partial charge is 0.475 e. The number of nitrogens with one attached hydrogen (secondary N) is 1. The Hall–Kier alpha value is -3.64. The molecule has 0 aliphatic carbocycles. The number of nitrogen functional groups attached to an aromatic ring is 1. The van der Waals surface area contributed by atoms with Crippen LogP contribution in [-0.4, -0.2) is 61.8 Å². The number of carboxylic acids is 1. The molecule has 1 atom stereocenters. The monoisotopic (exact) mass is 391 g/mol. The molecule has 1 aromatic carbocycles. The van der Waals surface area contributed by atoms with Gasteiger partial charge in [-0.15, -0.1) is 0 Å². The predicted molar refractivity (Wildman–Crippen MR) is 97.6 cm³/mol. The number of para-hydroxylation sites is 1. The van der Waals surface area contributed by atoms with Crippen molar-refractivity contribution in [2.24, 2.45) is 0 Å². The number of carbonyl (C=O) groups is 3. The van der Waals surface area contributed by atoms with Crippen LogP contribution in [0.15, 0.2) is 36.5 Å². The number of nitrogens with zero attached hydrogens (tertiary/aromatic N) is 1. The molecule has 8 N–H and O–H groups in total. The molecule has 12 heteroatoms. The Kier molecular flexibility index (Phi) is 8.40. The summed E-state index contributed by atoms with van der Waals surface area (Å²) in [6.07, 6.45) is 1.03. The molecule has 1 aromatic heterocycles. The molecule has 0 saturated heterocycles. The lowest BCUT2D eigenvalue weighted by Gasteiger charge is -2.19. The number of amides is 1. The quantitative estimate of drug-likeness (QED) is 0.239. The number of phenols is 1. The lowest BCUT2D eigenvalue weighted by atomic mass is 9.75. The van der Waals surface area contributed by atoms with Gasteiger partial charge in [-0.05, 0) is 30.2 Å². The second kappa shape index (κ2) is 10.5. The first kappa shape index (κ1) is 22.4. The molecule has 0 fully saturated rings. The van der Waals surface area contributed by atoms with Crippen molar-refractivity contribution in [3.05, 3.63) is 53.2 Å². The molecular weight excluding hydrogens is 373 g/mol. The third-order valence-electron chi connectivity index (χ3n) is 3.51. The van der Waals surface area contributed by atoms with E-state index in [1.165, 1.54) is 36.5 Å². The molecule has 2 rings (SSSR count). The Morgan fingerprint density at radius 2 is 1.89 bits per heavy atom. The van der Waals surface area contributed by atoms with Gasteiger partial charge in [0.25, 0.3) is 12.4 Å². The highest BCUT2D eigenvalue weighted by Gasteiger charge is 2.28. The molecule has 2 aromatic rings. The van der Waals surface area contributed by atoms with Gasteiger partial charge >= 0.3 is 13.1 Å². The van der Waals surface area contributed by atoms with Crippen molar-refractivity contribution in [3.63, 3.8) is 0 Å². The third-order valence-corrected chi connectivity index (χ3v) is 3.51. The van der Waals surface area contributed by atoms with Gasteiger partial charge in [0.1, 0.15) is 17.1 Å². The first-order chi connectivity index (χ1) is 13.2. The topological polar surface area (TPSA) is 203 Å². The minimum absolute atomic E-state index is 0.147. The number of benzene rings is 1.